The van der Waals surface area contributed by atoms with Crippen LogP contribution in [0.1, 0.15) is 25.7 Å². The number of rotatable bonds is 2. The van der Waals surface area contributed by atoms with Crippen molar-refractivity contribution in [2.45, 2.75) is 31.7 Å². The highest BCUT2D eigenvalue weighted by atomic mass is 35.5. The molecule has 0 aromatic carbocycles. The van der Waals surface area contributed by atoms with Crippen molar-refractivity contribution in [1.29, 1.82) is 0 Å². The van der Waals surface area contributed by atoms with Crippen LogP contribution in [-0.2, 0) is 9.59 Å². The average Bonchev–Trinajstić information content (AvgIpc) is 3.23. The third kappa shape index (κ3) is 3.20. The van der Waals surface area contributed by atoms with Crippen LogP contribution in [0.4, 0.5) is 0 Å². The predicted octanol–water partition coefficient (Wildman–Crippen LogP) is 0.241. The Bertz CT molecular complexity index is 354. The van der Waals surface area contributed by atoms with Crippen LogP contribution in [0.15, 0.2) is 0 Å². The topological polar surface area (TPSA) is 52.7 Å². The molecule has 0 aromatic rings. The zero-order chi connectivity index (χ0) is 12.5. The number of amides is 2. The molecule has 108 valence electrons. The molecule has 1 aliphatic carbocycles. The smallest absolute Gasteiger partial charge is 0.242 e. The molecule has 0 spiro atoms. The van der Waals surface area contributed by atoms with Crippen molar-refractivity contribution in [1.82, 2.24) is 15.1 Å². The lowest BCUT2D eigenvalue weighted by Gasteiger charge is -2.36. The van der Waals surface area contributed by atoms with Gasteiger partial charge in [0.2, 0.25) is 11.8 Å². The van der Waals surface area contributed by atoms with Gasteiger partial charge in [0.25, 0.3) is 0 Å². The number of halogens is 1. The molecule has 2 saturated heterocycles. The molecular weight excluding hydrogens is 266 g/mol. The van der Waals surface area contributed by atoms with Crippen LogP contribution < -0.4 is 5.32 Å². The molecule has 0 aromatic heterocycles. The number of hydrogen-bond acceptors (Lipinski definition) is 3. The zero-order valence-corrected chi connectivity index (χ0v) is 12.0. The number of nitrogens with zero attached hydrogens (tertiary/aromatic N) is 2. The van der Waals surface area contributed by atoms with Crippen molar-refractivity contribution in [3.05, 3.63) is 0 Å². The van der Waals surface area contributed by atoms with Crippen molar-refractivity contribution in [2.24, 2.45) is 5.92 Å². The molecule has 3 aliphatic rings. The monoisotopic (exact) mass is 287 g/mol. The fourth-order valence-corrected chi connectivity index (χ4v) is 2.97. The van der Waals surface area contributed by atoms with Crippen LogP contribution in [0, 0.1) is 5.92 Å². The van der Waals surface area contributed by atoms with E-state index in [0.29, 0.717) is 12.6 Å². The third-order valence-electron chi connectivity index (χ3n) is 4.20. The van der Waals surface area contributed by atoms with E-state index in [1.54, 1.807) is 4.90 Å². The Morgan fingerprint density at radius 2 is 2.00 bits per heavy atom. The second-order valence-corrected chi connectivity index (χ2v) is 5.62. The van der Waals surface area contributed by atoms with Gasteiger partial charge in [0.15, 0.2) is 0 Å². The molecule has 2 aliphatic heterocycles. The van der Waals surface area contributed by atoms with Crippen molar-refractivity contribution >= 4 is 24.2 Å². The Hall–Kier alpha value is -0.810. The minimum absolute atomic E-state index is 0. The van der Waals surface area contributed by atoms with Gasteiger partial charge in [-0.15, -0.1) is 12.4 Å². The molecule has 2 heterocycles. The van der Waals surface area contributed by atoms with Crippen molar-refractivity contribution in [3.8, 4) is 0 Å². The summed E-state index contributed by atoms with van der Waals surface area (Å²) in [5.74, 6) is 0.394. The van der Waals surface area contributed by atoms with E-state index in [-0.39, 0.29) is 30.1 Å². The van der Waals surface area contributed by atoms with Crippen LogP contribution in [-0.4, -0.2) is 60.4 Å². The third-order valence-corrected chi connectivity index (χ3v) is 4.20. The van der Waals surface area contributed by atoms with Crippen molar-refractivity contribution in [2.75, 3.05) is 32.7 Å². The summed E-state index contributed by atoms with van der Waals surface area (Å²) in [6.07, 6.45) is 4.31. The lowest BCUT2D eigenvalue weighted by molar-refractivity contribution is -0.148. The first-order valence-electron chi connectivity index (χ1n) is 7.04. The first-order valence-corrected chi connectivity index (χ1v) is 7.04. The van der Waals surface area contributed by atoms with Crippen LogP contribution >= 0.6 is 12.4 Å². The Morgan fingerprint density at radius 1 is 1.21 bits per heavy atom. The minimum atomic E-state index is 0. The van der Waals surface area contributed by atoms with E-state index in [4.69, 9.17) is 0 Å². The Kier molecular flexibility index (Phi) is 4.68. The Morgan fingerprint density at radius 3 is 2.58 bits per heavy atom. The lowest BCUT2D eigenvalue weighted by Crippen LogP contribution is -2.55. The van der Waals surface area contributed by atoms with Gasteiger partial charge < -0.3 is 15.1 Å². The first kappa shape index (κ1) is 14.6. The highest BCUT2D eigenvalue weighted by Crippen LogP contribution is 2.28. The maximum absolute atomic E-state index is 12.3. The van der Waals surface area contributed by atoms with E-state index in [9.17, 15) is 9.59 Å². The standard InChI is InChI=1S/C13H21N3O2.ClH/c17-12-9-15(6-7-16(12)11-3-4-11)13(18)10-2-1-5-14-8-10;/h10-11,14H,1-9H2;1H. The summed E-state index contributed by atoms with van der Waals surface area (Å²) in [7, 11) is 0. The summed E-state index contributed by atoms with van der Waals surface area (Å²) in [6, 6.07) is 0.478. The Balaban J connectivity index is 0.00000133. The number of piperazine rings is 1. The molecule has 5 nitrogen and oxygen atoms in total. The molecule has 3 fully saturated rings. The highest BCUT2D eigenvalue weighted by molar-refractivity contribution is 5.87. The van der Waals surface area contributed by atoms with Gasteiger partial charge in [-0.1, -0.05) is 0 Å². The van der Waals surface area contributed by atoms with Gasteiger partial charge in [0.1, 0.15) is 0 Å². The minimum Gasteiger partial charge on any atom is -0.336 e. The summed E-state index contributed by atoms with van der Waals surface area (Å²) >= 11 is 0. The van der Waals surface area contributed by atoms with Gasteiger partial charge in [-0.2, -0.15) is 0 Å². The van der Waals surface area contributed by atoms with Crippen molar-refractivity contribution in [3.63, 3.8) is 0 Å². The van der Waals surface area contributed by atoms with Gasteiger partial charge in [0.05, 0.1) is 12.5 Å². The maximum Gasteiger partial charge on any atom is 0.242 e. The van der Waals surface area contributed by atoms with Crippen LogP contribution in [0.5, 0.6) is 0 Å². The van der Waals surface area contributed by atoms with Crippen LogP contribution in [0.25, 0.3) is 0 Å². The number of carbonyl (C=O) groups excluding carboxylic acids is 2. The van der Waals surface area contributed by atoms with Gasteiger partial charge in [-0.3, -0.25) is 9.59 Å². The molecule has 1 N–H and O–H groups in total. The summed E-state index contributed by atoms with van der Waals surface area (Å²) in [6.45, 7) is 3.53. The predicted molar refractivity (Wildman–Crippen MR) is 74.2 cm³/mol. The fraction of sp³-hybridized carbons (Fsp3) is 0.846. The lowest BCUT2D eigenvalue weighted by atomic mass is 9.98. The molecule has 0 bridgehead atoms. The van der Waals surface area contributed by atoms with E-state index in [1.807, 2.05) is 4.90 Å². The van der Waals surface area contributed by atoms with Gasteiger partial charge in [-0.05, 0) is 32.2 Å². The van der Waals surface area contributed by atoms with Gasteiger partial charge in [-0.25, -0.2) is 0 Å². The van der Waals surface area contributed by atoms with E-state index in [0.717, 1.165) is 51.9 Å². The zero-order valence-electron chi connectivity index (χ0n) is 11.1. The molecule has 1 unspecified atom stereocenters. The molecule has 19 heavy (non-hydrogen) atoms. The van der Waals surface area contributed by atoms with Crippen LogP contribution in [0.3, 0.4) is 0 Å². The number of piperidine rings is 1. The van der Waals surface area contributed by atoms with Crippen molar-refractivity contribution < 1.29 is 9.59 Å². The van der Waals surface area contributed by atoms with E-state index >= 15 is 0 Å². The summed E-state index contributed by atoms with van der Waals surface area (Å²) in [5.41, 5.74) is 0. The largest absolute Gasteiger partial charge is 0.336 e. The molecule has 1 atom stereocenters. The highest BCUT2D eigenvalue weighted by Gasteiger charge is 2.38. The quantitative estimate of drug-likeness (QED) is 0.792. The van der Waals surface area contributed by atoms with E-state index < -0.39 is 0 Å². The van der Waals surface area contributed by atoms with E-state index in [2.05, 4.69) is 5.32 Å². The van der Waals surface area contributed by atoms with E-state index in [1.165, 1.54) is 0 Å². The SMILES string of the molecule is Cl.O=C(C1CCCNC1)N1CCN(C2CC2)C(=O)C1. The molecule has 2 amide bonds. The molecule has 0 radical (unpaired) electrons. The summed E-state index contributed by atoms with van der Waals surface area (Å²) < 4.78 is 0. The maximum atomic E-state index is 12.3. The summed E-state index contributed by atoms with van der Waals surface area (Å²) in [5, 5.41) is 3.26. The molecular formula is C13H22ClN3O2. The number of carbonyl (C=O) groups is 2. The fourth-order valence-electron chi connectivity index (χ4n) is 2.97. The normalized spacial score (nSPS) is 28.0. The second-order valence-electron chi connectivity index (χ2n) is 5.62. The van der Waals surface area contributed by atoms with Crippen LogP contribution in [0.2, 0.25) is 0 Å². The molecule has 6 heteroatoms. The number of hydrogen-bond donors (Lipinski definition) is 1. The number of nitrogens with one attached hydrogen (secondary N) is 1. The Labute approximate surface area is 120 Å². The first-order chi connectivity index (χ1) is 8.75. The average molecular weight is 288 g/mol. The second kappa shape index (κ2) is 6.09. The van der Waals surface area contributed by atoms with Gasteiger partial charge >= 0.3 is 0 Å². The molecule has 3 rings (SSSR count). The van der Waals surface area contributed by atoms with Gasteiger partial charge in [0, 0.05) is 25.7 Å². The summed E-state index contributed by atoms with van der Waals surface area (Å²) in [4.78, 5) is 28.0. The molecule has 1 saturated carbocycles.